The van der Waals surface area contributed by atoms with Gasteiger partial charge in [0, 0.05) is 19.2 Å². The topological polar surface area (TPSA) is 90.6 Å². The number of nitrogens with two attached hydrogens (primary N) is 1. The number of aromatic nitrogens is 4. The molecule has 2 N–H and O–H groups in total. The minimum absolute atomic E-state index is 0.0929. The molecule has 1 aliphatic heterocycles. The maximum Gasteiger partial charge on any atom is 0.266 e. The molecule has 2 aromatic heterocycles. The van der Waals surface area contributed by atoms with Crippen molar-refractivity contribution in [3.8, 4) is 0 Å². The number of hydrogen-bond acceptors (Lipinski definition) is 5. The highest BCUT2D eigenvalue weighted by Crippen LogP contribution is 2.23. The van der Waals surface area contributed by atoms with Gasteiger partial charge < -0.3 is 5.73 Å². The Labute approximate surface area is 116 Å². The molecule has 0 fully saturated rings. The molecule has 0 saturated carbocycles. The smallest absolute Gasteiger partial charge is 0.266 e. The molecular formula is C13H18N6O. The zero-order valence-corrected chi connectivity index (χ0v) is 11.5. The van der Waals surface area contributed by atoms with E-state index in [1.165, 1.54) is 4.40 Å². The largest absolute Gasteiger partial charge is 0.324 e. The SMILES string of the molecule is CCCCCn1c2c(c(=O)n3c(CN)nnc13)CC=N2. The second-order valence-corrected chi connectivity index (χ2v) is 4.94. The van der Waals surface area contributed by atoms with E-state index in [4.69, 9.17) is 5.73 Å². The normalized spacial score (nSPS) is 13.3. The first kappa shape index (κ1) is 13.0. The molecule has 20 heavy (non-hydrogen) atoms. The van der Waals surface area contributed by atoms with Gasteiger partial charge in [-0.15, -0.1) is 10.2 Å². The molecule has 0 aliphatic carbocycles. The molecule has 0 unspecified atom stereocenters. The van der Waals surface area contributed by atoms with E-state index in [0.29, 0.717) is 23.6 Å². The molecule has 0 spiro atoms. The lowest BCUT2D eigenvalue weighted by Gasteiger charge is -2.12. The third-order valence-electron chi connectivity index (χ3n) is 3.62. The first-order valence-corrected chi connectivity index (χ1v) is 7.00. The summed E-state index contributed by atoms with van der Waals surface area (Å²) >= 11 is 0. The summed E-state index contributed by atoms with van der Waals surface area (Å²) in [5, 5.41) is 8.15. The Balaban J connectivity index is 2.21. The molecule has 0 radical (unpaired) electrons. The van der Waals surface area contributed by atoms with Crippen molar-refractivity contribution < 1.29 is 0 Å². The van der Waals surface area contributed by atoms with Gasteiger partial charge in [-0.25, -0.2) is 9.39 Å². The van der Waals surface area contributed by atoms with Gasteiger partial charge >= 0.3 is 0 Å². The first-order valence-electron chi connectivity index (χ1n) is 7.00. The second-order valence-electron chi connectivity index (χ2n) is 4.94. The van der Waals surface area contributed by atoms with Crippen molar-refractivity contribution in [1.29, 1.82) is 0 Å². The fourth-order valence-electron chi connectivity index (χ4n) is 2.59. The van der Waals surface area contributed by atoms with Gasteiger partial charge in [0.1, 0.15) is 5.82 Å². The maximum atomic E-state index is 12.5. The molecular weight excluding hydrogens is 256 g/mol. The number of rotatable bonds is 5. The molecule has 106 valence electrons. The first-order chi connectivity index (χ1) is 9.77. The summed E-state index contributed by atoms with van der Waals surface area (Å²) in [6.07, 6.45) is 5.65. The third kappa shape index (κ3) is 1.85. The Bertz CT molecular complexity index is 727. The number of aryl methyl sites for hydroxylation is 1. The molecule has 1 aliphatic rings. The predicted molar refractivity (Wildman–Crippen MR) is 76.5 cm³/mol. The fraction of sp³-hybridized carbons (Fsp3) is 0.538. The summed E-state index contributed by atoms with van der Waals surface area (Å²) in [5.74, 6) is 1.78. The van der Waals surface area contributed by atoms with Crippen LogP contribution in [-0.4, -0.2) is 25.4 Å². The van der Waals surface area contributed by atoms with Gasteiger partial charge in [-0.2, -0.15) is 0 Å². The van der Waals surface area contributed by atoms with Crippen molar-refractivity contribution in [2.75, 3.05) is 0 Å². The molecule has 3 rings (SSSR count). The lowest BCUT2D eigenvalue weighted by Crippen LogP contribution is -2.24. The van der Waals surface area contributed by atoms with Gasteiger partial charge in [0.25, 0.3) is 5.56 Å². The highest BCUT2D eigenvalue weighted by molar-refractivity contribution is 5.74. The van der Waals surface area contributed by atoms with Crippen LogP contribution >= 0.6 is 0 Å². The maximum absolute atomic E-state index is 12.5. The van der Waals surface area contributed by atoms with E-state index >= 15 is 0 Å². The summed E-state index contributed by atoms with van der Waals surface area (Å²) < 4.78 is 3.52. The van der Waals surface area contributed by atoms with E-state index in [0.717, 1.165) is 31.6 Å². The van der Waals surface area contributed by atoms with Crippen LogP contribution in [-0.2, 0) is 19.5 Å². The van der Waals surface area contributed by atoms with E-state index in [1.807, 2.05) is 4.57 Å². The minimum atomic E-state index is -0.0929. The number of aliphatic imine (C=N–C) groups is 1. The van der Waals surface area contributed by atoms with Crippen molar-refractivity contribution in [3.63, 3.8) is 0 Å². The Morgan fingerprint density at radius 3 is 2.95 bits per heavy atom. The highest BCUT2D eigenvalue weighted by Gasteiger charge is 2.22. The van der Waals surface area contributed by atoms with Crippen LogP contribution in [0.1, 0.15) is 37.6 Å². The van der Waals surface area contributed by atoms with Crippen LogP contribution in [0.15, 0.2) is 9.79 Å². The Kier molecular flexibility index (Phi) is 3.35. The van der Waals surface area contributed by atoms with Crippen molar-refractivity contribution in [2.24, 2.45) is 10.7 Å². The van der Waals surface area contributed by atoms with Crippen LogP contribution in [0.5, 0.6) is 0 Å². The van der Waals surface area contributed by atoms with Crippen LogP contribution < -0.4 is 11.3 Å². The molecule has 0 atom stereocenters. The molecule has 0 saturated heterocycles. The van der Waals surface area contributed by atoms with Crippen LogP contribution in [0.4, 0.5) is 5.82 Å². The minimum Gasteiger partial charge on any atom is -0.324 e. The summed E-state index contributed by atoms with van der Waals surface area (Å²) in [4.78, 5) is 16.8. The Hall–Kier alpha value is -2.02. The predicted octanol–water partition coefficient (Wildman–Crippen LogP) is 0.798. The van der Waals surface area contributed by atoms with Crippen molar-refractivity contribution in [2.45, 2.75) is 45.7 Å². The lowest BCUT2D eigenvalue weighted by atomic mass is 10.2. The fourth-order valence-corrected chi connectivity index (χ4v) is 2.59. The van der Waals surface area contributed by atoms with Gasteiger partial charge in [0.05, 0.1) is 12.1 Å². The van der Waals surface area contributed by atoms with Gasteiger partial charge in [-0.3, -0.25) is 9.36 Å². The van der Waals surface area contributed by atoms with Gasteiger partial charge in [0.15, 0.2) is 5.82 Å². The number of nitrogens with zero attached hydrogens (tertiary/aromatic N) is 5. The van der Waals surface area contributed by atoms with E-state index in [9.17, 15) is 4.79 Å². The Morgan fingerprint density at radius 1 is 1.35 bits per heavy atom. The molecule has 2 aromatic rings. The summed E-state index contributed by atoms with van der Waals surface area (Å²) in [6.45, 7) is 3.15. The number of unbranched alkanes of at least 4 members (excludes halogenated alkanes) is 2. The van der Waals surface area contributed by atoms with E-state index < -0.39 is 0 Å². The van der Waals surface area contributed by atoms with Crippen LogP contribution in [0.2, 0.25) is 0 Å². The molecule has 7 heteroatoms. The summed E-state index contributed by atoms with van der Waals surface area (Å²) in [5.41, 5.74) is 6.26. The van der Waals surface area contributed by atoms with Crippen molar-refractivity contribution >= 4 is 17.8 Å². The van der Waals surface area contributed by atoms with Crippen molar-refractivity contribution in [1.82, 2.24) is 19.2 Å². The molecule has 3 heterocycles. The van der Waals surface area contributed by atoms with E-state index in [-0.39, 0.29) is 12.1 Å². The van der Waals surface area contributed by atoms with E-state index in [2.05, 4.69) is 22.1 Å². The third-order valence-corrected chi connectivity index (χ3v) is 3.62. The quantitative estimate of drug-likeness (QED) is 0.816. The summed E-state index contributed by atoms with van der Waals surface area (Å²) in [7, 11) is 0. The van der Waals surface area contributed by atoms with Crippen LogP contribution in [0.25, 0.3) is 5.78 Å². The monoisotopic (exact) mass is 274 g/mol. The zero-order valence-electron chi connectivity index (χ0n) is 11.5. The molecule has 7 nitrogen and oxygen atoms in total. The van der Waals surface area contributed by atoms with Gasteiger partial charge in [0.2, 0.25) is 5.78 Å². The summed E-state index contributed by atoms with van der Waals surface area (Å²) in [6, 6.07) is 0. The molecule has 0 bridgehead atoms. The average molecular weight is 274 g/mol. The number of fused-ring (bicyclic) bond motifs is 2. The van der Waals surface area contributed by atoms with Crippen LogP contribution in [0, 0.1) is 0 Å². The average Bonchev–Trinajstić information content (AvgIpc) is 3.09. The van der Waals surface area contributed by atoms with Crippen LogP contribution in [0.3, 0.4) is 0 Å². The molecule has 0 aromatic carbocycles. The van der Waals surface area contributed by atoms with Gasteiger partial charge in [-0.1, -0.05) is 19.8 Å². The Morgan fingerprint density at radius 2 is 2.20 bits per heavy atom. The number of hydrogen-bond donors (Lipinski definition) is 1. The lowest BCUT2D eigenvalue weighted by molar-refractivity contribution is 0.602. The zero-order chi connectivity index (χ0) is 14.1. The van der Waals surface area contributed by atoms with E-state index in [1.54, 1.807) is 6.21 Å². The standard InChI is InChI=1S/C13H18N6O/c1-2-3-4-7-18-11-9(5-6-15-11)12(20)19-10(8-14)16-17-13(18)19/h6H,2-5,7-8,14H2,1H3. The van der Waals surface area contributed by atoms with Gasteiger partial charge in [-0.05, 0) is 6.42 Å². The molecule has 0 amide bonds. The highest BCUT2D eigenvalue weighted by atomic mass is 16.1. The second kappa shape index (κ2) is 5.16. The van der Waals surface area contributed by atoms with Crippen molar-refractivity contribution in [3.05, 3.63) is 21.7 Å².